The minimum absolute atomic E-state index is 0.00115. The Morgan fingerprint density at radius 2 is 1.71 bits per heavy atom. The highest BCUT2D eigenvalue weighted by molar-refractivity contribution is 6.00. The molecule has 1 aliphatic rings. The van der Waals surface area contributed by atoms with Crippen molar-refractivity contribution >= 4 is 28.5 Å². The maximum atomic E-state index is 12.8. The van der Waals surface area contributed by atoms with Gasteiger partial charge in [0.15, 0.2) is 0 Å². The molecule has 2 amide bonds. The number of aromatic nitrogens is 2. The van der Waals surface area contributed by atoms with Crippen molar-refractivity contribution in [2.45, 2.75) is 18.9 Å². The van der Waals surface area contributed by atoms with Gasteiger partial charge in [-0.25, -0.2) is 4.79 Å². The van der Waals surface area contributed by atoms with Crippen molar-refractivity contribution in [3.8, 4) is 11.1 Å². The van der Waals surface area contributed by atoms with Gasteiger partial charge >= 0.3 is 5.69 Å². The number of benzene rings is 2. The molecule has 0 radical (unpaired) electrons. The molecule has 0 saturated carbocycles. The highest BCUT2D eigenvalue weighted by Crippen LogP contribution is 2.28. The SMILES string of the molecule is Cn1c(=O)n(C2CCC(=O)NC2=O)c2ccc(-c3ccc([N+](=O)[O-])cc3)cc21. The van der Waals surface area contributed by atoms with Gasteiger partial charge in [0.2, 0.25) is 11.8 Å². The summed E-state index contributed by atoms with van der Waals surface area (Å²) in [5, 5.41) is 13.1. The first-order valence-corrected chi connectivity index (χ1v) is 8.66. The molecular weight excluding hydrogens is 364 g/mol. The van der Waals surface area contributed by atoms with Crippen LogP contribution in [0.15, 0.2) is 47.3 Å². The van der Waals surface area contributed by atoms with Crippen molar-refractivity contribution in [2.24, 2.45) is 7.05 Å². The molecule has 28 heavy (non-hydrogen) atoms. The van der Waals surface area contributed by atoms with E-state index in [1.807, 2.05) is 0 Å². The van der Waals surface area contributed by atoms with E-state index in [0.717, 1.165) is 11.1 Å². The van der Waals surface area contributed by atoms with Gasteiger partial charge in [-0.2, -0.15) is 0 Å². The van der Waals surface area contributed by atoms with E-state index in [0.29, 0.717) is 11.0 Å². The van der Waals surface area contributed by atoms with Crippen LogP contribution in [0.1, 0.15) is 18.9 Å². The predicted molar refractivity (Wildman–Crippen MR) is 101 cm³/mol. The van der Waals surface area contributed by atoms with E-state index in [9.17, 15) is 24.5 Å². The van der Waals surface area contributed by atoms with Gasteiger partial charge in [-0.3, -0.25) is 34.2 Å². The van der Waals surface area contributed by atoms with Gasteiger partial charge in [0, 0.05) is 25.6 Å². The molecule has 1 N–H and O–H groups in total. The van der Waals surface area contributed by atoms with Crippen LogP contribution >= 0.6 is 0 Å². The second kappa shape index (κ2) is 6.45. The lowest BCUT2D eigenvalue weighted by Gasteiger charge is -2.21. The lowest BCUT2D eigenvalue weighted by molar-refractivity contribution is -0.384. The van der Waals surface area contributed by atoms with E-state index in [-0.39, 0.29) is 30.1 Å². The second-order valence-electron chi connectivity index (χ2n) is 6.69. The lowest BCUT2D eigenvalue weighted by atomic mass is 10.0. The van der Waals surface area contributed by atoms with E-state index < -0.39 is 16.9 Å². The summed E-state index contributed by atoms with van der Waals surface area (Å²) in [5.41, 5.74) is 2.44. The summed E-state index contributed by atoms with van der Waals surface area (Å²) in [6.07, 6.45) is 0.452. The van der Waals surface area contributed by atoms with E-state index in [4.69, 9.17) is 0 Å². The summed E-state index contributed by atoms with van der Waals surface area (Å²) in [6.45, 7) is 0. The van der Waals surface area contributed by atoms with Gasteiger partial charge in [-0.15, -0.1) is 0 Å². The maximum absolute atomic E-state index is 12.8. The molecule has 1 aromatic heterocycles. The van der Waals surface area contributed by atoms with Crippen molar-refractivity contribution < 1.29 is 14.5 Å². The van der Waals surface area contributed by atoms with Gasteiger partial charge in [0.1, 0.15) is 6.04 Å². The Morgan fingerprint density at radius 3 is 2.36 bits per heavy atom. The number of fused-ring (bicyclic) bond motifs is 1. The molecule has 3 aromatic rings. The molecule has 0 bridgehead atoms. The minimum Gasteiger partial charge on any atom is -0.295 e. The Kier molecular flexibility index (Phi) is 4.07. The van der Waals surface area contributed by atoms with Gasteiger partial charge in [-0.1, -0.05) is 6.07 Å². The van der Waals surface area contributed by atoms with Gasteiger partial charge in [0.25, 0.3) is 5.69 Å². The van der Waals surface area contributed by atoms with Crippen LogP contribution in [0.4, 0.5) is 5.69 Å². The fourth-order valence-electron chi connectivity index (χ4n) is 3.55. The monoisotopic (exact) mass is 380 g/mol. The maximum Gasteiger partial charge on any atom is 0.329 e. The fraction of sp³-hybridized carbons (Fsp3) is 0.211. The number of hydrogen-bond donors (Lipinski definition) is 1. The zero-order valence-electron chi connectivity index (χ0n) is 14.9. The van der Waals surface area contributed by atoms with Crippen LogP contribution in [-0.2, 0) is 16.6 Å². The smallest absolute Gasteiger partial charge is 0.295 e. The van der Waals surface area contributed by atoms with E-state index in [1.54, 1.807) is 37.4 Å². The number of aryl methyl sites for hydroxylation is 1. The number of piperidine rings is 1. The first kappa shape index (κ1) is 17.7. The largest absolute Gasteiger partial charge is 0.329 e. The average Bonchev–Trinajstić information content (AvgIpc) is 2.92. The van der Waals surface area contributed by atoms with Crippen molar-refractivity contribution in [1.82, 2.24) is 14.5 Å². The third-order valence-electron chi connectivity index (χ3n) is 5.02. The van der Waals surface area contributed by atoms with Crippen molar-refractivity contribution in [1.29, 1.82) is 0 Å². The van der Waals surface area contributed by atoms with Crippen molar-refractivity contribution in [3.63, 3.8) is 0 Å². The standard InChI is InChI=1S/C19H16N4O5/c1-21-16-10-12(11-2-5-13(6-3-11)23(27)28)4-7-14(16)22(19(21)26)15-8-9-17(24)20-18(15)25/h2-7,10,15H,8-9H2,1H3,(H,20,24,25). The van der Waals surface area contributed by atoms with Crippen LogP contribution in [0.3, 0.4) is 0 Å². The van der Waals surface area contributed by atoms with Crippen LogP contribution in [0.5, 0.6) is 0 Å². The molecule has 2 aromatic carbocycles. The van der Waals surface area contributed by atoms with E-state index in [2.05, 4.69) is 5.32 Å². The number of nitrogens with one attached hydrogen (secondary N) is 1. The Hall–Kier alpha value is -3.75. The molecule has 4 rings (SSSR count). The lowest BCUT2D eigenvalue weighted by Crippen LogP contribution is -2.44. The molecule has 1 saturated heterocycles. The normalized spacial score (nSPS) is 17.0. The van der Waals surface area contributed by atoms with Gasteiger partial charge in [0.05, 0.1) is 16.0 Å². The van der Waals surface area contributed by atoms with E-state index >= 15 is 0 Å². The molecule has 1 atom stereocenters. The number of imidazole rings is 1. The van der Waals surface area contributed by atoms with Crippen molar-refractivity contribution in [3.05, 3.63) is 63.1 Å². The third-order valence-corrected chi connectivity index (χ3v) is 5.02. The van der Waals surface area contributed by atoms with Crippen molar-refractivity contribution in [2.75, 3.05) is 0 Å². The number of nitro benzene ring substituents is 1. The number of nitrogens with zero attached hydrogens (tertiary/aromatic N) is 3. The molecule has 2 heterocycles. The number of rotatable bonds is 3. The van der Waals surface area contributed by atoms with Crippen LogP contribution < -0.4 is 11.0 Å². The first-order chi connectivity index (χ1) is 13.4. The summed E-state index contributed by atoms with van der Waals surface area (Å²) < 4.78 is 2.87. The van der Waals surface area contributed by atoms with Crippen LogP contribution in [-0.4, -0.2) is 25.9 Å². The number of hydrogen-bond acceptors (Lipinski definition) is 5. The van der Waals surface area contributed by atoms with Crippen LogP contribution in [0.2, 0.25) is 0 Å². The Labute approximate surface area is 158 Å². The Balaban J connectivity index is 1.80. The van der Waals surface area contributed by atoms with Gasteiger partial charge < -0.3 is 0 Å². The number of non-ortho nitro benzene ring substituents is 1. The minimum atomic E-state index is -0.737. The Bertz CT molecular complexity index is 1190. The third kappa shape index (κ3) is 2.77. The molecular formula is C19H16N4O5. The van der Waals surface area contributed by atoms with Gasteiger partial charge in [-0.05, 0) is 41.8 Å². The highest BCUT2D eigenvalue weighted by Gasteiger charge is 2.31. The summed E-state index contributed by atoms with van der Waals surface area (Å²) >= 11 is 0. The van der Waals surface area contributed by atoms with Crippen LogP contribution in [0.25, 0.3) is 22.2 Å². The zero-order chi connectivity index (χ0) is 20.0. The fourth-order valence-corrected chi connectivity index (χ4v) is 3.55. The molecule has 0 spiro atoms. The molecule has 1 fully saturated rings. The quantitative estimate of drug-likeness (QED) is 0.423. The summed E-state index contributed by atoms with van der Waals surface area (Å²) in [5.74, 6) is -0.819. The predicted octanol–water partition coefficient (Wildman–Crippen LogP) is 1.89. The molecule has 1 aliphatic heterocycles. The number of amides is 2. The summed E-state index contributed by atoms with van der Waals surface area (Å²) in [7, 11) is 1.62. The zero-order valence-corrected chi connectivity index (χ0v) is 14.9. The topological polar surface area (TPSA) is 116 Å². The first-order valence-electron chi connectivity index (χ1n) is 8.66. The second-order valence-corrected chi connectivity index (χ2v) is 6.69. The average molecular weight is 380 g/mol. The summed E-state index contributed by atoms with van der Waals surface area (Å²) in [4.78, 5) is 46.8. The molecule has 142 valence electrons. The number of carbonyl (C=O) groups is 2. The number of carbonyl (C=O) groups excluding carboxylic acids is 2. The summed E-state index contributed by atoms with van der Waals surface area (Å²) in [6, 6.07) is 10.8. The highest BCUT2D eigenvalue weighted by atomic mass is 16.6. The number of imide groups is 1. The molecule has 0 aliphatic carbocycles. The molecule has 9 nitrogen and oxygen atoms in total. The Morgan fingerprint density at radius 1 is 1.04 bits per heavy atom. The molecule has 1 unspecified atom stereocenters. The van der Waals surface area contributed by atoms with Crippen LogP contribution in [0, 0.1) is 10.1 Å². The molecule has 9 heteroatoms. The van der Waals surface area contributed by atoms with E-state index in [1.165, 1.54) is 21.3 Å². The number of nitro groups is 1.